The van der Waals surface area contributed by atoms with E-state index >= 15 is 0 Å². The van der Waals surface area contributed by atoms with E-state index in [9.17, 15) is 9.59 Å². The van der Waals surface area contributed by atoms with Crippen LogP contribution in [0.1, 0.15) is 0 Å². The number of hydrogen-bond acceptors (Lipinski definition) is 4. The number of carbonyl (C=O) groups is 1. The first kappa shape index (κ1) is 10.1. The molecule has 7 heteroatoms. The summed E-state index contributed by atoms with van der Waals surface area (Å²) >= 11 is 0. The average molecular weight is 220 g/mol. The standard InChI is InChI=1S/C9H8N4O3/c14-8-3-6(7-4-10-1-2-11-7)12-13(8)5-9(15)16/h1-4,12H,5H2,(H,15,16). The van der Waals surface area contributed by atoms with Crippen LogP contribution >= 0.6 is 0 Å². The minimum absolute atomic E-state index is 0.404. The van der Waals surface area contributed by atoms with Crippen LogP contribution in [0.2, 0.25) is 0 Å². The van der Waals surface area contributed by atoms with Gasteiger partial charge in [0.2, 0.25) is 0 Å². The van der Waals surface area contributed by atoms with Crippen molar-refractivity contribution in [1.82, 2.24) is 19.7 Å². The zero-order chi connectivity index (χ0) is 11.5. The summed E-state index contributed by atoms with van der Waals surface area (Å²) in [6.07, 6.45) is 4.48. The lowest BCUT2D eigenvalue weighted by molar-refractivity contribution is -0.137. The van der Waals surface area contributed by atoms with Gasteiger partial charge in [0.15, 0.2) is 0 Å². The first-order valence-corrected chi connectivity index (χ1v) is 4.45. The van der Waals surface area contributed by atoms with E-state index in [2.05, 4.69) is 15.1 Å². The minimum Gasteiger partial charge on any atom is -0.480 e. The van der Waals surface area contributed by atoms with Crippen molar-refractivity contribution in [1.29, 1.82) is 0 Å². The minimum atomic E-state index is -1.09. The predicted octanol–water partition coefficient (Wildman–Crippen LogP) is -0.282. The van der Waals surface area contributed by atoms with Crippen LogP contribution in [0.3, 0.4) is 0 Å². The quantitative estimate of drug-likeness (QED) is 0.740. The van der Waals surface area contributed by atoms with Crippen LogP contribution in [0.4, 0.5) is 0 Å². The molecule has 0 radical (unpaired) electrons. The molecule has 0 atom stereocenters. The number of carboxylic acid groups (broad SMARTS) is 1. The highest BCUT2D eigenvalue weighted by molar-refractivity contribution is 5.66. The van der Waals surface area contributed by atoms with E-state index < -0.39 is 18.1 Å². The van der Waals surface area contributed by atoms with Gasteiger partial charge in [0, 0.05) is 18.5 Å². The molecule has 0 saturated carbocycles. The second kappa shape index (κ2) is 3.97. The number of aliphatic carboxylic acids is 1. The maximum absolute atomic E-state index is 11.4. The van der Waals surface area contributed by atoms with Crippen LogP contribution in [0.15, 0.2) is 29.5 Å². The Morgan fingerprint density at radius 1 is 1.50 bits per heavy atom. The largest absolute Gasteiger partial charge is 0.480 e. The van der Waals surface area contributed by atoms with Gasteiger partial charge < -0.3 is 5.11 Å². The maximum atomic E-state index is 11.4. The van der Waals surface area contributed by atoms with Gasteiger partial charge in [0.05, 0.1) is 11.9 Å². The molecule has 7 nitrogen and oxygen atoms in total. The van der Waals surface area contributed by atoms with Crippen LogP contribution in [0, 0.1) is 0 Å². The van der Waals surface area contributed by atoms with E-state index in [0.29, 0.717) is 11.4 Å². The highest BCUT2D eigenvalue weighted by Crippen LogP contribution is 2.08. The molecule has 2 heterocycles. The van der Waals surface area contributed by atoms with E-state index in [0.717, 1.165) is 4.68 Å². The molecule has 0 amide bonds. The number of carboxylic acids is 1. The van der Waals surface area contributed by atoms with Crippen molar-refractivity contribution in [2.24, 2.45) is 0 Å². The summed E-state index contributed by atoms with van der Waals surface area (Å²) in [6, 6.07) is 1.28. The van der Waals surface area contributed by atoms with E-state index in [1.807, 2.05) is 0 Å². The topological polar surface area (TPSA) is 101 Å². The summed E-state index contributed by atoms with van der Waals surface area (Å²) in [7, 11) is 0. The van der Waals surface area contributed by atoms with E-state index in [1.54, 1.807) is 0 Å². The van der Waals surface area contributed by atoms with Gasteiger partial charge in [-0.3, -0.25) is 24.7 Å². The second-order valence-corrected chi connectivity index (χ2v) is 3.08. The number of hydrogen-bond donors (Lipinski definition) is 2. The molecule has 0 aliphatic carbocycles. The lowest BCUT2D eigenvalue weighted by Gasteiger charge is -1.97. The van der Waals surface area contributed by atoms with E-state index in [-0.39, 0.29) is 0 Å². The fraction of sp³-hybridized carbons (Fsp3) is 0.111. The van der Waals surface area contributed by atoms with Gasteiger partial charge in [0.1, 0.15) is 12.2 Å². The third kappa shape index (κ3) is 1.97. The number of aromatic amines is 1. The number of rotatable bonds is 3. The Labute approximate surface area is 89.4 Å². The molecular weight excluding hydrogens is 212 g/mol. The monoisotopic (exact) mass is 220 g/mol. The van der Waals surface area contributed by atoms with Crippen LogP contribution in [0.5, 0.6) is 0 Å². The Balaban J connectivity index is 2.38. The van der Waals surface area contributed by atoms with Crippen molar-refractivity contribution in [3.63, 3.8) is 0 Å². The van der Waals surface area contributed by atoms with Gasteiger partial charge in [-0.1, -0.05) is 0 Å². The highest BCUT2D eigenvalue weighted by Gasteiger charge is 2.08. The van der Waals surface area contributed by atoms with Gasteiger partial charge in [0.25, 0.3) is 5.56 Å². The molecule has 0 aliphatic rings. The summed E-state index contributed by atoms with van der Waals surface area (Å²) in [5.74, 6) is -1.09. The first-order chi connectivity index (χ1) is 7.66. The van der Waals surface area contributed by atoms with Crippen molar-refractivity contribution >= 4 is 5.97 Å². The molecule has 2 aromatic heterocycles. The molecular formula is C9H8N4O3. The average Bonchev–Trinajstić information content (AvgIpc) is 2.61. The molecule has 0 spiro atoms. The van der Waals surface area contributed by atoms with Gasteiger partial charge >= 0.3 is 5.97 Å². The number of nitrogens with one attached hydrogen (secondary N) is 1. The van der Waals surface area contributed by atoms with Crippen LogP contribution in [-0.4, -0.2) is 30.8 Å². The third-order valence-electron chi connectivity index (χ3n) is 1.92. The molecule has 2 rings (SSSR count). The Kier molecular flexibility index (Phi) is 2.50. The number of nitrogens with zero attached hydrogens (tertiary/aromatic N) is 3. The number of aromatic nitrogens is 4. The van der Waals surface area contributed by atoms with Gasteiger partial charge in [-0.05, 0) is 0 Å². The predicted molar refractivity (Wildman–Crippen MR) is 53.7 cm³/mol. The molecule has 0 aliphatic heterocycles. The molecule has 0 saturated heterocycles. The zero-order valence-electron chi connectivity index (χ0n) is 8.12. The molecule has 82 valence electrons. The summed E-state index contributed by atoms with van der Waals surface area (Å²) in [5.41, 5.74) is 0.520. The molecule has 0 fully saturated rings. The molecule has 16 heavy (non-hydrogen) atoms. The van der Waals surface area contributed by atoms with E-state index in [1.165, 1.54) is 24.7 Å². The fourth-order valence-electron chi connectivity index (χ4n) is 1.26. The van der Waals surface area contributed by atoms with Crippen LogP contribution < -0.4 is 5.56 Å². The van der Waals surface area contributed by atoms with E-state index in [4.69, 9.17) is 5.11 Å². The lowest BCUT2D eigenvalue weighted by Crippen LogP contribution is -2.20. The molecule has 2 aromatic rings. The smallest absolute Gasteiger partial charge is 0.325 e. The Hall–Kier alpha value is -2.44. The molecule has 0 bridgehead atoms. The van der Waals surface area contributed by atoms with Gasteiger partial charge in [-0.25, -0.2) is 4.68 Å². The Bertz CT molecular complexity index is 558. The summed E-state index contributed by atoms with van der Waals surface area (Å²) in [6.45, 7) is -0.404. The second-order valence-electron chi connectivity index (χ2n) is 3.08. The summed E-state index contributed by atoms with van der Waals surface area (Å²) in [5, 5.41) is 11.2. The van der Waals surface area contributed by atoms with Gasteiger partial charge in [-0.15, -0.1) is 0 Å². The summed E-state index contributed by atoms with van der Waals surface area (Å²) in [4.78, 5) is 29.7. The SMILES string of the molecule is O=C(O)Cn1[nH]c(-c2cnccn2)cc1=O. The van der Waals surface area contributed by atoms with Crippen LogP contribution in [0.25, 0.3) is 11.4 Å². The normalized spacial score (nSPS) is 10.2. The van der Waals surface area contributed by atoms with Crippen LogP contribution in [-0.2, 0) is 11.3 Å². The number of H-pyrrole nitrogens is 1. The van der Waals surface area contributed by atoms with Crippen molar-refractivity contribution in [2.75, 3.05) is 0 Å². The first-order valence-electron chi connectivity index (χ1n) is 4.45. The zero-order valence-corrected chi connectivity index (χ0v) is 8.12. The van der Waals surface area contributed by atoms with Crippen molar-refractivity contribution in [2.45, 2.75) is 6.54 Å². The maximum Gasteiger partial charge on any atom is 0.325 e. The molecule has 0 unspecified atom stereocenters. The fourth-order valence-corrected chi connectivity index (χ4v) is 1.26. The van der Waals surface area contributed by atoms with Gasteiger partial charge in [-0.2, -0.15) is 0 Å². The Morgan fingerprint density at radius 2 is 2.31 bits per heavy atom. The summed E-state index contributed by atoms with van der Waals surface area (Å²) < 4.78 is 0.992. The molecule has 2 N–H and O–H groups in total. The third-order valence-corrected chi connectivity index (χ3v) is 1.92. The van der Waals surface area contributed by atoms with Crippen molar-refractivity contribution < 1.29 is 9.90 Å². The lowest BCUT2D eigenvalue weighted by atomic mass is 10.3. The molecule has 0 aromatic carbocycles. The van der Waals surface area contributed by atoms with Crippen molar-refractivity contribution in [3.05, 3.63) is 35.0 Å². The van der Waals surface area contributed by atoms with Crippen molar-refractivity contribution in [3.8, 4) is 11.4 Å². The Morgan fingerprint density at radius 3 is 2.94 bits per heavy atom. The highest BCUT2D eigenvalue weighted by atomic mass is 16.4.